The fourth-order valence-electron chi connectivity index (χ4n) is 3.85. The van der Waals surface area contributed by atoms with Crippen LogP contribution in [-0.4, -0.2) is 0 Å². The van der Waals surface area contributed by atoms with Crippen LogP contribution in [0, 0.1) is 24.8 Å². The summed E-state index contributed by atoms with van der Waals surface area (Å²) in [6.45, 7) is 25.9. The van der Waals surface area contributed by atoms with Gasteiger partial charge < -0.3 is 6.92 Å². The van der Waals surface area contributed by atoms with Gasteiger partial charge in [-0.1, -0.05) is 46.8 Å². The number of allylic oxidation sites excluding steroid dienone is 12. The fraction of sp³-hybridized carbons (Fsp3) is 0.500. The zero-order valence-electron chi connectivity index (χ0n) is 19.2. The van der Waals surface area contributed by atoms with Gasteiger partial charge in [0.25, 0.3) is 0 Å². The van der Waals surface area contributed by atoms with Crippen molar-refractivity contribution in [1.29, 1.82) is 0 Å². The van der Waals surface area contributed by atoms with Crippen molar-refractivity contribution in [2.24, 2.45) is 11.8 Å². The summed E-state index contributed by atoms with van der Waals surface area (Å²) in [4.78, 5) is 0. The minimum absolute atomic E-state index is 0. The Morgan fingerprint density at radius 1 is 0.778 bits per heavy atom. The van der Waals surface area contributed by atoms with Gasteiger partial charge in [-0.05, 0) is 66.5 Å². The van der Waals surface area contributed by atoms with E-state index in [2.05, 4.69) is 81.4 Å². The molecule has 0 saturated carbocycles. The number of rotatable bonds is 3. The Labute approximate surface area is 184 Å². The molecule has 27 heavy (non-hydrogen) atoms. The van der Waals surface area contributed by atoms with Gasteiger partial charge >= 0.3 is 21.7 Å². The first-order valence-electron chi connectivity index (χ1n) is 9.81. The molecule has 0 bridgehead atoms. The Balaban J connectivity index is 0.000000531. The molecular weight excluding hydrogens is 360 g/mol. The Bertz CT molecular complexity index is 684. The van der Waals surface area contributed by atoms with E-state index in [1.807, 2.05) is 13.0 Å². The van der Waals surface area contributed by atoms with Crippen molar-refractivity contribution in [2.75, 3.05) is 0 Å². The van der Waals surface area contributed by atoms with Crippen LogP contribution in [0.3, 0.4) is 0 Å². The maximum atomic E-state index is 4.08. The zero-order valence-corrected chi connectivity index (χ0v) is 20.8. The average Bonchev–Trinajstić information content (AvgIpc) is 2.91. The molecule has 2 aliphatic rings. The first kappa shape index (κ1) is 26.2. The topological polar surface area (TPSA) is 0 Å². The van der Waals surface area contributed by atoms with Crippen LogP contribution in [0.25, 0.3) is 0 Å². The van der Waals surface area contributed by atoms with Crippen molar-refractivity contribution in [2.45, 2.75) is 75.7 Å². The molecule has 2 aliphatic carbocycles. The van der Waals surface area contributed by atoms with Crippen molar-refractivity contribution in [3.8, 4) is 0 Å². The van der Waals surface area contributed by atoms with Crippen LogP contribution in [0.15, 0.2) is 62.3 Å². The van der Waals surface area contributed by atoms with Gasteiger partial charge in [-0.15, -0.1) is 12.8 Å². The van der Waals surface area contributed by atoms with Crippen molar-refractivity contribution in [3.63, 3.8) is 0 Å². The first-order valence-corrected chi connectivity index (χ1v) is 9.81. The van der Waals surface area contributed by atoms with E-state index in [1.165, 1.54) is 50.2 Å². The summed E-state index contributed by atoms with van der Waals surface area (Å²) in [6, 6.07) is 0. The van der Waals surface area contributed by atoms with E-state index in [1.54, 1.807) is 0 Å². The van der Waals surface area contributed by atoms with E-state index in [4.69, 9.17) is 0 Å². The van der Waals surface area contributed by atoms with Crippen LogP contribution >= 0.6 is 0 Å². The largest absolute Gasteiger partial charge is 2.00 e. The molecule has 0 saturated heterocycles. The molecule has 0 atom stereocenters. The molecule has 0 radical (unpaired) electrons. The minimum atomic E-state index is 0. The second-order valence-corrected chi connectivity index (χ2v) is 7.79. The Morgan fingerprint density at radius 2 is 1.15 bits per heavy atom. The third-order valence-corrected chi connectivity index (χ3v) is 6.68. The molecule has 0 aromatic heterocycles. The maximum Gasteiger partial charge on any atom is 2.00 e. The summed E-state index contributed by atoms with van der Waals surface area (Å²) in [5.41, 5.74) is 13.1. The quantitative estimate of drug-likeness (QED) is 0.256. The summed E-state index contributed by atoms with van der Waals surface area (Å²) >= 11 is 0. The van der Waals surface area contributed by atoms with Crippen molar-refractivity contribution in [3.05, 3.63) is 75.3 Å². The Morgan fingerprint density at radius 3 is 1.41 bits per heavy atom. The summed E-state index contributed by atoms with van der Waals surface area (Å²) in [7, 11) is 0. The second kappa shape index (κ2) is 11.2. The van der Waals surface area contributed by atoms with E-state index >= 15 is 0 Å². The molecule has 146 valence electrons. The molecular formula is C26H38Ti. The molecule has 0 aromatic rings. The maximum absolute atomic E-state index is 4.08. The van der Waals surface area contributed by atoms with Gasteiger partial charge in [0.15, 0.2) is 0 Å². The molecule has 0 aromatic carbocycles. The predicted octanol–water partition coefficient (Wildman–Crippen LogP) is 8.13. The molecule has 0 fully saturated rings. The summed E-state index contributed by atoms with van der Waals surface area (Å²) in [6.07, 6.45) is 8.58. The second-order valence-electron chi connectivity index (χ2n) is 7.79. The van der Waals surface area contributed by atoms with Gasteiger partial charge in [0, 0.05) is 5.92 Å². The van der Waals surface area contributed by atoms with Crippen molar-refractivity contribution < 1.29 is 21.7 Å². The summed E-state index contributed by atoms with van der Waals surface area (Å²) in [5, 5.41) is 0. The van der Waals surface area contributed by atoms with Gasteiger partial charge in [0.2, 0.25) is 0 Å². The van der Waals surface area contributed by atoms with E-state index in [-0.39, 0.29) is 21.7 Å². The minimum Gasteiger partial charge on any atom is -0.332 e. The molecule has 0 N–H and O–H groups in total. The van der Waals surface area contributed by atoms with Gasteiger partial charge in [-0.3, -0.25) is 6.08 Å². The third kappa shape index (κ3) is 5.82. The Hall–Kier alpha value is -0.846. The smallest absolute Gasteiger partial charge is 0.332 e. The molecule has 0 spiro atoms. The van der Waals surface area contributed by atoms with E-state index in [9.17, 15) is 0 Å². The molecule has 0 heterocycles. The van der Waals surface area contributed by atoms with Crippen LogP contribution in [0.4, 0.5) is 0 Å². The molecule has 0 amide bonds. The van der Waals surface area contributed by atoms with Gasteiger partial charge in [0.1, 0.15) is 0 Å². The first-order chi connectivity index (χ1) is 12.1. The van der Waals surface area contributed by atoms with Crippen LogP contribution in [0.1, 0.15) is 75.7 Å². The van der Waals surface area contributed by atoms with Crippen LogP contribution in [0.2, 0.25) is 0 Å². The number of hydrogen-bond donors (Lipinski definition) is 0. The zero-order chi connectivity index (χ0) is 20.2. The van der Waals surface area contributed by atoms with E-state index in [0.717, 1.165) is 6.42 Å². The standard InChI is InChI=1S/C16H23.C10H15.Ti/c1-7-9-15(8-2)10-16-13(5)11(3)12(4)14(16)6;1-6-7(2)9(4)10(5)8(6)3;/h7-8,16H,10H2,1-6H3;6H,1H2,2-5H3;/q2*-1;+2/b15-8+;;. The molecule has 0 nitrogen and oxygen atoms in total. The van der Waals surface area contributed by atoms with Crippen molar-refractivity contribution >= 4 is 0 Å². The van der Waals surface area contributed by atoms with Gasteiger partial charge in [-0.25, -0.2) is 11.6 Å². The van der Waals surface area contributed by atoms with Crippen LogP contribution in [-0.2, 0) is 21.7 Å². The van der Waals surface area contributed by atoms with Crippen LogP contribution in [0.5, 0.6) is 0 Å². The van der Waals surface area contributed by atoms with E-state index in [0.29, 0.717) is 11.8 Å². The number of hydrogen-bond acceptors (Lipinski definition) is 0. The Kier molecular flexibility index (Phi) is 10.9. The summed E-state index contributed by atoms with van der Waals surface area (Å²) in [5.74, 6) is 1.04. The predicted molar refractivity (Wildman–Crippen MR) is 118 cm³/mol. The fourth-order valence-corrected chi connectivity index (χ4v) is 3.85. The van der Waals surface area contributed by atoms with Crippen molar-refractivity contribution in [1.82, 2.24) is 0 Å². The molecule has 1 heteroatoms. The van der Waals surface area contributed by atoms with Crippen LogP contribution < -0.4 is 0 Å². The third-order valence-electron chi connectivity index (χ3n) is 6.68. The molecule has 0 aliphatic heterocycles. The van der Waals surface area contributed by atoms with E-state index < -0.39 is 0 Å². The molecule has 0 unspecified atom stereocenters. The normalized spacial score (nSPS) is 19.4. The SMILES string of the molecule is CC=[C-]/C(=C\C)CC1C(C)=C(C)C(C)=C1C.[CH2-]C1C(C)=C(C)C(C)=C1C.[Ti+2]. The molecule has 2 rings (SSSR count). The van der Waals surface area contributed by atoms with Gasteiger partial charge in [-0.2, -0.15) is 6.08 Å². The van der Waals surface area contributed by atoms with Gasteiger partial charge in [0.05, 0.1) is 0 Å². The summed E-state index contributed by atoms with van der Waals surface area (Å²) < 4.78 is 0. The average molecular weight is 398 g/mol. The monoisotopic (exact) mass is 398 g/mol.